The van der Waals surface area contributed by atoms with Gasteiger partial charge in [0.1, 0.15) is 45.1 Å². The highest BCUT2D eigenvalue weighted by Crippen LogP contribution is 2.11. The second-order valence-electron chi connectivity index (χ2n) is 7.86. The predicted octanol–water partition coefficient (Wildman–Crippen LogP) is -0.218. The summed E-state index contributed by atoms with van der Waals surface area (Å²) in [4.78, 5) is 15.2. The number of nitrogens with one attached hydrogen (secondary N) is 3. The van der Waals surface area contributed by atoms with E-state index >= 15 is 0 Å². The number of hydrogen-bond acceptors (Lipinski definition) is 2. The molecule has 1 aliphatic heterocycles. The molecule has 2 aromatic rings. The van der Waals surface area contributed by atoms with Gasteiger partial charge in [-0.25, -0.2) is 0 Å². The minimum atomic E-state index is 0.116. The van der Waals surface area contributed by atoms with Crippen LogP contribution in [0.4, 0.5) is 0 Å². The number of aryl methyl sites for hydroxylation is 2. The Labute approximate surface area is 168 Å². The highest BCUT2D eigenvalue weighted by atomic mass is 16.5. The number of carbonyl (C=O) groups excluding carboxylic acids is 1. The van der Waals surface area contributed by atoms with Gasteiger partial charge >= 0.3 is 0 Å². The molecular weight excluding hydrogens is 350 g/mol. The van der Waals surface area contributed by atoms with Gasteiger partial charge in [-0.2, -0.15) is 0 Å². The fourth-order valence-corrected chi connectivity index (χ4v) is 3.78. The molecule has 5 nitrogen and oxygen atoms in total. The molecule has 1 amide bonds. The van der Waals surface area contributed by atoms with E-state index in [9.17, 15) is 4.79 Å². The third-order valence-electron chi connectivity index (χ3n) is 5.29. The summed E-state index contributed by atoms with van der Waals surface area (Å²) >= 11 is 0. The van der Waals surface area contributed by atoms with Crippen LogP contribution in [0.3, 0.4) is 0 Å². The van der Waals surface area contributed by atoms with Crippen molar-refractivity contribution in [2.45, 2.75) is 20.4 Å². The topological polar surface area (TPSA) is 47.2 Å². The summed E-state index contributed by atoms with van der Waals surface area (Å²) in [6.45, 7) is 11.2. The smallest absolute Gasteiger partial charge is 0.275 e. The summed E-state index contributed by atoms with van der Waals surface area (Å²) in [6.07, 6.45) is 0. The van der Waals surface area contributed by atoms with Crippen LogP contribution in [0.15, 0.2) is 48.5 Å². The number of hydrogen-bond donors (Lipinski definition) is 3. The van der Waals surface area contributed by atoms with Crippen molar-refractivity contribution in [3.63, 3.8) is 0 Å². The maximum Gasteiger partial charge on any atom is 0.275 e. The van der Waals surface area contributed by atoms with Gasteiger partial charge in [0.15, 0.2) is 6.54 Å². The zero-order valence-corrected chi connectivity index (χ0v) is 17.1. The van der Waals surface area contributed by atoms with Gasteiger partial charge in [-0.05, 0) is 31.5 Å². The molecule has 150 valence electrons. The van der Waals surface area contributed by atoms with E-state index in [0.29, 0.717) is 19.7 Å². The van der Waals surface area contributed by atoms with E-state index in [1.165, 1.54) is 21.6 Å². The number of benzene rings is 2. The lowest BCUT2D eigenvalue weighted by Crippen LogP contribution is -3.28. The summed E-state index contributed by atoms with van der Waals surface area (Å²) in [5.74, 6) is 0.970. The van der Waals surface area contributed by atoms with Crippen molar-refractivity contribution in [3.8, 4) is 5.75 Å². The molecule has 0 aliphatic carbocycles. The first-order chi connectivity index (χ1) is 13.6. The SMILES string of the molecule is Cc1cccc(C[NH+]2CC[NH+](CC(=O)NCCOc3cccc(C)c3)CC2)c1. The van der Waals surface area contributed by atoms with Crippen LogP contribution in [0.1, 0.15) is 16.7 Å². The molecule has 0 atom stereocenters. The number of amides is 1. The second-order valence-corrected chi connectivity index (χ2v) is 7.86. The number of piperazine rings is 1. The van der Waals surface area contributed by atoms with E-state index in [0.717, 1.165) is 38.5 Å². The Balaban J connectivity index is 1.30. The van der Waals surface area contributed by atoms with Crippen LogP contribution in [0.5, 0.6) is 5.75 Å². The van der Waals surface area contributed by atoms with E-state index in [1.54, 1.807) is 4.90 Å². The number of rotatable bonds is 8. The minimum absolute atomic E-state index is 0.116. The summed E-state index contributed by atoms with van der Waals surface area (Å²) in [5.41, 5.74) is 3.91. The molecule has 3 rings (SSSR count). The third-order valence-corrected chi connectivity index (χ3v) is 5.29. The standard InChI is InChI=1S/C23H31N3O2/c1-19-5-3-7-21(15-19)17-25-10-12-26(13-11-25)18-23(27)24-9-14-28-22-8-4-6-20(2)16-22/h3-8,15-16H,9-14,17-18H2,1-2H3,(H,24,27)/p+2. The molecule has 5 heteroatoms. The van der Waals surface area contributed by atoms with Crippen molar-refractivity contribution in [2.24, 2.45) is 0 Å². The summed E-state index contributed by atoms with van der Waals surface area (Å²) in [6, 6.07) is 16.7. The van der Waals surface area contributed by atoms with E-state index in [-0.39, 0.29) is 5.91 Å². The van der Waals surface area contributed by atoms with Crippen LogP contribution >= 0.6 is 0 Å². The van der Waals surface area contributed by atoms with Gasteiger partial charge < -0.3 is 19.9 Å². The first-order valence-electron chi connectivity index (χ1n) is 10.3. The molecule has 1 heterocycles. The summed E-state index contributed by atoms with van der Waals surface area (Å²) < 4.78 is 5.68. The van der Waals surface area contributed by atoms with Crippen LogP contribution in [-0.2, 0) is 11.3 Å². The molecule has 2 aromatic carbocycles. The van der Waals surface area contributed by atoms with E-state index in [2.05, 4.69) is 36.5 Å². The predicted molar refractivity (Wildman–Crippen MR) is 111 cm³/mol. The van der Waals surface area contributed by atoms with Gasteiger partial charge in [-0.1, -0.05) is 42.0 Å². The molecule has 0 saturated carbocycles. The zero-order valence-electron chi connectivity index (χ0n) is 17.1. The highest BCUT2D eigenvalue weighted by Gasteiger charge is 2.24. The molecule has 1 aliphatic rings. The quantitative estimate of drug-likeness (QED) is 0.552. The molecule has 1 fully saturated rings. The lowest BCUT2D eigenvalue weighted by atomic mass is 10.1. The number of quaternary nitrogens is 2. The molecule has 0 unspecified atom stereocenters. The molecular formula is C23H33N3O2+2. The highest BCUT2D eigenvalue weighted by molar-refractivity contribution is 5.76. The Morgan fingerprint density at radius 3 is 2.36 bits per heavy atom. The van der Waals surface area contributed by atoms with Crippen molar-refractivity contribution < 1.29 is 19.3 Å². The fourth-order valence-electron chi connectivity index (χ4n) is 3.78. The Hall–Kier alpha value is -2.37. The van der Waals surface area contributed by atoms with Crippen molar-refractivity contribution >= 4 is 5.91 Å². The van der Waals surface area contributed by atoms with E-state index < -0.39 is 0 Å². The van der Waals surface area contributed by atoms with Crippen LogP contribution in [0.25, 0.3) is 0 Å². The molecule has 28 heavy (non-hydrogen) atoms. The van der Waals surface area contributed by atoms with Crippen molar-refractivity contribution in [3.05, 3.63) is 65.2 Å². The fraction of sp³-hybridized carbons (Fsp3) is 0.435. The Morgan fingerprint density at radius 2 is 1.64 bits per heavy atom. The zero-order chi connectivity index (χ0) is 19.8. The lowest BCUT2D eigenvalue weighted by Gasteiger charge is -2.29. The van der Waals surface area contributed by atoms with E-state index in [4.69, 9.17) is 4.74 Å². The second kappa shape index (κ2) is 10.2. The molecule has 0 bridgehead atoms. The average molecular weight is 384 g/mol. The Bertz CT molecular complexity index is 770. The lowest BCUT2D eigenvalue weighted by molar-refractivity contribution is -1.02. The molecule has 0 spiro atoms. The van der Waals surface area contributed by atoms with Gasteiger partial charge in [0.25, 0.3) is 5.91 Å². The van der Waals surface area contributed by atoms with Gasteiger partial charge in [0.2, 0.25) is 0 Å². The van der Waals surface area contributed by atoms with Crippen LogP contribution in [0.2, 0.25) is 0 Å². The van der Waals surface area contributed by atoms with Crippen molar-refractivity contribution in [1.29, 1.82) is 0 Å². The van der Waals surface area contributed by atoms with Gasteiger partial charge in [0, 0.05) is 5.56 Å². The van der Waals surface area contributed by atoms with Crippen LogP contribution in [0, 0.1) is 13.8 Å². The maximum absolute atomic E-state index is 12.2. The number of ether oxygens (including phenoxy) is 1. The van der Waals surface area contributed by atoms with Crippen molar-refractivity contribution in [1.82, 2.24) is 5.32 Å². The average Bonchev–Trinajstić information content (AvgIpc) is 2.67. The van der Waals surface area contributed by atoms with Crippen LogP contribution < -0.4 is 19.9 Å². The van der Waals surface area contributed by atoms with Crippen LogP contribution in [-0.4, -0.2) is 51.8 Å². The Morgan fingerprint density at radius 1 is 0.964 bits per heavy atom. The molecule has 0 aromatic heterocycles. The van der Waals surface area contributed by atoms with Gasteiger partial charge in [-0.15, -0.1) is 0 Å². The monoisotopic (exact) mass is 383 g/mol. The molecule has 1 saturated heterocycles. The van der Waals surface area contributed by atoms with Gasteiger partial charge in [-0.3, -0.25) is 4.79 Å². The summed E-state index contributed by atoms with van der Waals surface area (Å²) in [5, 5.41) is 2.98. The third kappa shape index (κ3) is 6.66. The normalized spacial score (nSPS) is 19.2. The molecule has 0 radical (unpaired) electrons. The van der Waals surface area contributed by atoms with E-state index in [1.807, 2.05) is 31.2 Å². The Kier molecular flexibility index (Phi) is 7.46. The van der Waals surface area contributed by atoms with Gasteiger partial charge in [0.05, 0.1) is 6.54 Å². The minimum Gasteiger partial charge on any atom is -0.492 e. The summed E-state index contributed by atoms with van der Waals surface area (Å²) in [7, 11) is 0. The number of carbonyl (C=O) groups is 1. The first-order valence-corrected chi connectivity index (χ1v) is 10.3. The maximum atomic E-state index is 12.2. The first kappa shape index (κ1) is 20.4. The largest absolute Gasteiger partial charge is 0.492 e. The van der Waals surface area contributed by atoms with Crippen molar-refractivity contribution in [2.75, 3.05) is 45.9 Å². The molecule has 3 N–H and O–H groups in total.